The van der Waals surface area contributed by atoms with Crippen LogP contribution >= 0.6 is 0 Å². The van der Waals surface area contributed by atoms with E-state index in [9.17, 15) is 4.79 Å². The highest BCUT2D eigenvalue weighted by Crippen LogP contribution is 1.77. The average Bonchev–Trinajstić information content (AvgIpc) is 1.80. The van der Waals surface area contributed by atoms with Crippen molar-refractivity contribution >= 4 is 5.97 Å². The fourth-order valence-corrected chi connectivity index (χ4v) is 0.359. The monoisotopic (exact) mass is 131 g/mol. The van der Waals surface area contributed by atoms with Gasteiger partial charge in [-0.3, -0.25) is 4.79 Å². The van der Waals surface area contributed by atoms with Crippen molar-refractivity contribution in [2.75, 3.05) is 19.8 Å². The predicted octanol–water partition coefficient (Wildman–Crippen LogP) is 0.400. The summed E-state index contributed by atoms with van der Waals surface area (Å²) in [7, 11) is 0. The molecule has 0 atom stereocenters. The molecular formula is C6H11O3. The van der Waals surface area contributed by atoms with Gasteiger partial charge in [0.25, 0.3) is 0 Å². The summed E-state index contributed by atoms with van der Waals surface area (Å²) in [4.78, 5) is 10.0. The van der Waals surface area contributed by atoms with Crippen LogP contribution in [0.25, 0.3) is 0 Å². The molecule has 3 nitrogen and oxygen atoms in total. The van der Waals surface area contributed by atoms with E-state index in [1.165, 1.54) is 0 Å². The van der Waals surface area contributed by atoms with E-state index in [1.54, 1.807) is 0 Å². The molecule has 0 aromatic rings. The first-order valence-corrected chi connectivity index (χ1v) is 2.83. The zero-order chi connectivity index (χ0) is 7.11. The Morgan fingerprint density at radius 3 is 2.67 bits per heavy atom. The van der Waals surface area contributed by atoms with Crippen molar-refractivity contribution in [3.05, 3.63) is 6.92 Å². The van der Waals surface area contributed by atoms with Crippen LogP contribution in [0.2, 0.25) is 0 Å². The largest absolute Gasteiger partial charge is 0.463 e. The minimum atomic E-state index is -0.505. The smallest absolute Gasteiger partial charge is 0.306 e. The normalized spacial score (nSPS) is 9.11. The number of carbonyl (C=O) groups is 1. The standard InChI is InChI=1S/C6H11O3/c1-3-8-4-5-9-6(2)7/h2-5H2,1H3. The first kappa shape index (κ1) is 8.43. The second-order valence-corrected chi connectivity index (χ2v) is 1.42. The number of rotatable bonds is 4. The molecule has 0 saturated carbocycles. The summed E-state index contributed by atoms with van der Waals surface area (Å²) in [5.74, 6) is -0.505. The van der Waals surface area contributed by atoms with E-state index in [0.717, 1.165) is 0 Å². The molecule has 0 spiro atoms. The minimum Gasteiger partial charge on any atom is -0.463 e. The van der Waals surface area contributed by atoms with E-state index in [0.29, 0.717) is 19.8 Å². The van der Waals surface area contributed by atoms with Crippen molar-refractivity contribution in [3.63, 3.8) is 0 Å². The van der Waals surface area contributed by atoms with E-state index in [2.05, 4.69) is 11.7 Å². The Morgan fingerprint density at radius 1 is 1.56 bits per heavy atom. The molecule has 9 heavy (non-hydrogen) atoms. The molecule has 0 aliphatic carbocycles. The third-order valence-corrected chi connectivity index (χ3v) is 0.695. The van der Waals surface area contributed by atoms with Crippen LogP contribution < -0.4 is 0 Å². The van der Waals surface area contributed by atoms with Crippen molar-refractivity contribution in [1.29, 1.82) is 0 Å². The second kappa shape index (κ2) is 5.56. The summed E-state index contributed by atoms with van der Waals surface area (Å²) in [6.07, 6.45) is 0. The topological polar surface area (TPSA) is 35.5 Å². The van der Waals surface area contributed by atoms with Crippen LogP contribution in [0.4, 0.5) is 0 Å². The van der Waals surface area contributed by atoms with E-state index < -0.39 is 5.97 Å². The zero-order valence-corrected chi connectivity index (χ0v) is 5.55. The number of esters is 1. The van der Waals surface area contributed by atoms with Crippen LogP contribution in [0.5, 0.6) is 0 Å². The van der Waals surface area contributed by atoms with Gasteiger partial charge in [0.1, 0.15) is 6.61 Å². The van der Waals surface area contributed by atoms with Gasteiger partial charge in [-0.2, -0.15) is 0 Å². The molecule has 3 heteroatoms. The molecule has 0 rings (SSSR count). The maximum absolute atomic E-state index is 10.0. The average molecular weight is 131 g/mol. The van der Waals surface area contributed by atoms with Gasteiger partial charge in [0, 0.05) is 6.61 Å². The Morgan fingerprint density at radius 2 is 2.22 bits per heavy atom. The summed E-state index contributed by atoms with van der Waals surface area (Å²) < 4.78 is 9.35. The fraction of sp³-hybridized carbons (Fsp3) is 0.667. The molecule has 0 heterocycles. The maximum Gasteiger partial charge on any atom is 0.306 e. The van der Waals surface area contributed by atoms with Crippen LogP contribution in [0, 0.1) is 6.92 Å². The highest BCUT2D eigenvalue weighted by Gasteiger charge is 1.89. The highest BCUT2D eigenvalue weighted by atomic mass is 16.6. The van der Waals surface area contributed by atoms with Gasteiger partial charge in [0.2, 0.25) is 0 Å². The molecule has 0 aliphatic rings. The van der Waals surface area contributed by atoms with Crippen molar-refractivity contribution in [1.82, 2.24) is 0 Å². The number of hydrogen-bond donors (Lipinski definition) is 0. The molecule has 0 bridgehead atoms. The molecule has 1 radical (unpaired) electrons. The summed E-state index contributed by atoms with van der Waals surface area (Å²) in [5.41, 5.74) is 0. The van der Waals surface area contributed by atoms with Gasteiger partial charge >= 0.3 is 5.97 Å². The molecule has 0 N–H and O–H groups in total. The molecule has 53 valence electrons. The second-order valence-electron chi connectivity index (χ2n) is 1.42. The van der Waals surface area contributed by atoms with E-state index in [1.807, 2.05) is 6.92 Å². The first-order chi connectivity index (χ1) is 4.27. The van der Waals surface area contributed by atoms with Gasteiger partial charge in [-0.15, -0.1) is 0 Å². The lowest BCUT2D eigenvalue weighted by Gasteiger charge is -1.99. The summed E-state index contributed by atoms with van der Waals surface area (Å²) in [5, 5.41) is 0. The van der Waals surface area contributed by atoms with Gasteiger partial charge in [-0.05, 0) is 6.92 Å². The zero-order valence-electron chi connectivity index (χ0n) is 5.55. The molecule has 0 aromatic carbocycles. The maximum atomic E-state index is 10.0. The predicted molar refractivity (Wildman–Crippen MR) is 32.8 cm³/mol. The lowest BCUT2D eigenvalue weighted by molar-refractivity contribution is -0.139. The Balaban J connectivity index is 2.83. The SMILES string of the molecule is [CH2]C(=O)OCCOCC. The molecule has 0 amide bonds. The minimum absolute atomic E-state index is 0.302. The van der Waals surface area contributed by atoms with E-state index >= 15 is 0 Å². The first-order valence-electron chi connectivity index (χ1n) is 2.83. The Labute approximate surface area is 55.0 Å². The van der Waals surface area contributed by atoms with Crippen LogP contribution in [0.1, 0.15) is 6.92 Å². The van der Waals surface area contributed by atoms with E-state index in [-0.39, 0.29) is 0 Å². The van der Waals surface area contributed by atoms with Gasteiger partial charge in [0.15, 0.2) is 0 Å². The quantitative estimate of drug-likeness (QED) is 0.409. The number of ether oxygens (including phenoxy) is 2. The molecular weight excluding hydrogens is 120 g/mol. The van der Waals surface area contributed by atoms with Crippen molar-refractivity contribution < 1.29 is 14.3 Å². The van der Waals surface area contributed by atoms with Gasteiger partial charge < -0.3 is 9.47 Å². The Bertz CT molecular complexity index is 80.4. The van der Waals surface area contributed by atoms with Crippen molar-refractivity contribution in [3.8, 4) is 0 Å². The molecule has 0 aromatic heterocycles. The Kier molecular flexibility index (Phi) is 5.21. The molecule has 0 aliphatic heterocycles. The molecule has 0 saturated heterocycles. The van der Waals surface area contributed by atoms with E-state index in [4.69, 9.17) is 4.74 Å². The Hall–Kier alpha value is -0.570. The molecule has 0 fully saturated rings. The van der Waals surface area contributed by atoms with Crippen molar-refractivity contribution in [2.24, 2.45) is 0 Å². The summed E-state index contributed by atoms with van der Waals surface area (Å²) in [6, 6.07) is 0. The van der Waals surface area contributed by atoms with Gasteiger partial charge in [-0.1, -0.05) is 0 Å². The van der Waals surface area contributed by atoms with Crippen LogP contribution in [0.3, 0.4) is 0 Å². The van der Waals surface area contributed by atoms with Crippen LogP contribution in [0.15, 0.2) is 0 Å². The lowest BCUT2D eigenvalue weighted by Crippen LogP contribution is -2.07. The van der Waals surface area contributed by atoms with Crippen LogP contribution in [-0.4, -0.2) is 25.8 Å². The van der Waals surface area contributed by atoms with Crippen molar-refractivity contribution in [2.45, 2.75) is 6.92 Å². The fourth-order valence-electron chi connectivity index (χ4n) is 0.359. The van der Waals surface area contributed by atoms with Gasteiger partial charge in [0.05, 0.1) is 13.5 Å². The number of hydrogen-bond acceptors (Lipinski definition) is 3. The third kappa shape index (κ3) is 7.43. The molecule has 0 unspecified atom stereocenters. The highest BCUT2D eigenvalue weighted by molar-refractivity contribution is 5.73. The lowest BCUT2D eigenvalue weighted by atomic mass is 10.7. The summed E-state index contributed by atoms with van der Waals surface area (Å²) in [6.45, 7) is 6.31. The van der Waals surface area contributed by atoms with Crippen LogP contribution in [-0.2, 0) is 14.3 Å². The summed E-state index contributed by atoms with van der Waals surface area (Å²) >= 11 is 0. The van der Waals surface area contributed by atoms with Gasteiger partial charge in [-0.25, -0.2) is 0 Å². The third-order valence-electron chi connectivity index (χ3n) is 0.695. The number of carbonyl (C=O) groups excluding carboxylic acids is 1.